The molecule has 0 aromatic heterocycles. The van der Waals surface area contributed by atoms with Crippen LogP contribution in [0.4, 0.5) is 24.5 Å². The Morgan fingerprint density at radius 2 is 1.67 bits per heavy atom. The number of hydrogen-bond acceptors (Lipinski definition) is 4. The van der Waals surface area contributed by atoms with Crippen molar-refractivity contribution in [2.45, 2.75) is 6.18 Å². The molecule has 2 aromatic carbocycles. The number of ether oxygens (including phenoxy) is 1. The Hall–Kier alpha value is -2.77. The smallest absolute Gasteiger partial charge is 0.416 e. The summed E-state index contributed by atoms with van der Waals surface area (Å²) < 4.78 is 42.5. The highest BCUT2D eigenvalue weighted by atomic mass is 19.4. The highest BCUT2D eigenvalue weighted by molar-refractivity contribution is 5.54. The van der Waals surface area contributed by atoms with E-state index < -0.39 is 16.7 Å². The molecule has 0 unspecified atom stereocenters. The molecule has 0 amide bonds. The number of anilines is 1. The molecular weight excluding hydrogens is 289 g/mol. The van der Waals surface area contributed by atoms with Crippen LogP contribution < -0.4 is 10.5 Å². The number of nitrogens with zero attached hydrogens (tertiary/aromatic N) is 1. The Labute approximate surface area is 116 Å². The van der Waals surface area contributed by atoms with Crippen molar-refractivity contribution in [3.63, 3.8) is 0 Å². The second-order valence-corrected chi connectivity index (χ2v) is 4.14. The Morgan fingerprint density at radius 1 is 1.05 bits per heavy atom. The molecule has 0 radical (unpaired) electrons. The molecule has 0 aliphatic carbocycles. The zero-order valence-corrected chi connectivity index (χ0v) is 10.4. The van der Waals surface area contributed by atoms with E-state index >= 15 is 0 Å². The summed E-state index contributed by atoms with van der Waals surface area (Å²) in [5.41, 5.74) is 4.54. The maximum absolute atomic E-state index is 12.4. The molecule has 0 saturated heterocycles. The predicted octanol–water partition coefficient (Wildman–Crippen LogP) is 3.99. The van der Waals surface area contributed by atoms with Gasteiger partial charge in [0.25, 0.3) is 5.69 Å². The van der Waals surface area contributed by atoms with Crippen molar-refractivity contribution in [3.8, 4) is 11.5 Å². The molecule has 0 spiro atoms. The molecule has 0 atom stereocenters. The molecule has 0 heterocycles. The lowest BCUT2D eigenvalue weighted by Gasteiger charge is -2.09. The van der Waals surface area contributed by atoms with Gasteiger partial charge in [-0.2, -0.15) is 13.2 Å². The lowest BCUT2D eigenvalue weighted by Crippen LogP contribution is -2.04. The number of hydrogen-bond donors (Lipinski definition) is 1. The predicted molar refractivity (Wildman–Crippen MR) is 69.0 cm³/mol. The first-order chi connectivity index (χ1) is 9.75. The number of alkyl halides is 3. The zero-order valence-electron chi connectivity index (χ0n) is 10.4. The number of nitrogens with two attached hydrogens (primary N) is 1. The zero-order chi connectivity index (χ0) is 15.6. The summed E-state index contributed by atoms with van der Waals surface area (Å²) in [6, 6.07) is 7.58. The number of nitrogen functional groups attached to an aromatic ring is 1. The van der Waals surface area contributed by atoms with Crippen molar-refractivity contribution in [1.29, 1.82) is 0 Å². The van der Waals surface area contributed by atoms with Crippen molar-refractivity contribution in [2.24, 2.45) is 0 Å². The highest BCUT2D eigenvalue weighted by Crippen LogP contribution is 2.32. The molecule has 0 bridgehead atoms. The fourth-order valence-corrected chi connectivity index (χ4v) is 1.62. The standard InChI is InChI=1S/C13H9F3N2O3/c14-13(15,16)8-1-3-11(4-2-8)21-12-6-9(17)5-10(7-12)18(19)20/h1-7H,17H2. The van der Waals surface area contributed by atoms with Gasteiger partial charge < -0.3 is 10.5 Å². The van der Waals surface area contributed by atoms with Crippen molar-refractivity contribution >= 4 is 11.4 Å². The monoisotopic (exact) mass is 298 g/mol. The number of rotatable bonds is 3. The van der Waals surface area contributed by atoms with E-state index in [1.807, 2.05) is 0 Å². The molecule has 2 aromatic rings. The molecule has 2 rings (SSSR count). The van der Waals surface area contributed by atoms with E-state index in [2.05, 4.69) is 0 Å². The number of non-ortho nitro benzene ring substituents is 1. The van der Waals surface area contributed by atoms with E-state index in [0.717, 1.165) is 36.4 Å². The van der Waals surface area contributed by atoms with Gasteiger partial charge in [-0.3, -0.25) is 10.1 Å². The second kappa shape index (κ2) is 5.31. The van der Waals surface area contributed by atoms with Crippen LogP contribution in [0.3, 0.4) is 0 Å². The van der Waals surface area contributed by atoms with E-state index in [0.29, 0.717) is 0 Å². The molecule has 110 valence electrons. The number of nitro benzene ring substituents is 1. The first-order valence-electron chi connectivity index (χ1n) is 5.66. The first-order valence-corrected chi connectivity index (χ1v) is 5.66. The topological polar surface area (TPSA) is 78.4 Å². The maximum atomic E-state index is 12.4. The van der Waals surface area contributed by atoms with Crippen molar-refractivity contribution in [3.05, 3.63) is 58.1 Å². The van der Waals surface area contributed by atoms with Gasteiger partial charge in [0.05, 0.1) is 16.6 Å². The van der Waals surface area contributed by atoms with Gasteiger partial charge in [0.1, 0.15) is 11.5 Å². The molecule has 0 saturated carbocycles. The third-order valence-corrected chi connectivity index (χ3v) is 2.54. The Balaban J connectivity index is 2.24. The first kappa shape index (κ1) is 14.6. The molecule has 0 fully saturated rings. The fraction of sp³-hybridized carbons (Fsp3) is 0.0769. The summed E-state index contributed by atoms with van der Waals surface area (Å²) in [6.07, 6.45) is -4.44. The van der Waals surface area contributed by atoms with Crippen molar-refractivity contribution in [2.75, 3.05) is 5.73 Å². The number of nitro groups is 1. The van der Waals surface area contributed by atoms with Gasteiger partial charge in [-0.1, -0.05) is 0 Å². The summed E-state index contributed by atoms with van der Waals surface area (Å²) >= 11 is 0. The van der Waals surface area contributed by atoms with E-state index in [1.165, 1.54) is 6.07 Å². The third kappa shape index (κ3) is 3.62. The van der Waals surface area contributed by atoms with Crippen LogP contribution in [0.2, 0.25) is 0 Å². The average molecular weight is 298 g/mol. The summed E-state index contributed by atoms with van der Waals surface area (Å²) in [7, 11) is 0. The molecule has 0 aliphatic rings. The summed E-state index contributed by atoms with van der Waals surface area (Å²) in [5.74, 6) is 0.185. The molecule has 8 heteroatoms. The minimum absolute atomic E-state index is 0.0708. The molecule has 21 heavy (non-hydrogen) atoms. The van der Waals surface area contributed by atoms with Gasteiger partial charge in [0.15, 0.2) is 0 Å². The quantitative estimate of drug-likeness (QED) is 0.528. The summed E-state index contributed by atoms with van der Waals surface area (Å²) in [5, 5.41) is 10.7. The van der Waals surface area contributed by atoms with Crippen LogP contribution in [0.5, 0.6) is 11.5 Å². The van der Waals surface area contributed by atoms with Crippen molar-refractivity contribution < 1.29 is 22.8 Å². The van der Waals surface area contributed by atoms with E-state index in [1.54, 1.807) is 0 Å². The third-order valence-electron chi connectivity index (χ3n) is 2.54. The van der Waals surface area contributed by atoms with Crippen LogP contribution in [-0.4, -0.2) is 4.92 Å². The largest absolute Gasteiger partial charge is 0.457 e. The van der Waals surface area contributed by atoms with E-state index in [4.69, 9.17) is 10.5 Å². The number of benzene rings is 2. The van der Waals surface area contributed by atoms with Gasteiger partial charge in [0, 0.05) is 17.8 Å². The van der Waals surface area contributed by atoms with Crippen LogP contribution >= 0.6 is 0 Å². The molecule has 2 N–H and O–H groups in total. The van der Waals surface area contributed by atoms with Gasteiger partial charge >= 0.3 is 6.18 Å². The summed E-state index contributed by atoms with van der Waals surface area (Å²) in [4.78, 5) is 10.0. The normalized spacial score (nSPS) is 11.2. The van der Waals surface area contributed by atoms with Crippen LogP contribution in [0, 0.1) is 10.1 Å². The minimum atomic E-state index is -4.44. The van der Waals surface area contributed by atoms with Crippen LogP contribution in [-0.2, 0) is 6.18 Å². The highest BCUT2D eigenvalue weighted by Gasteiger charge is 2.30. The molecular formula is C13H9F3N2O3. The van der Waals surface area contributed by atoms with Gasteiger partial charge in [-0.05, 0) is 24.3 Å². The number of halogens is 3. The summed E-state index contributed by atoms with van der Waals surface area (Å²) in [6.45, 7) is 0. The van der Waals surface area contributed by atoms with Crippen molar-refractivity contribution in [1.82, 2.24) is 0 Å². The molecule has 5 nitrogen and oxygen atoms in total. The lowest BCUT2D eigenvalue weighted by atomic mass is 10.2. The SMILES string of the molecule is Nc1cc(Oc2ccc(C(F)(F)F)cc2)cc([N+](=O)[O-])c1. The van der Waals surface area contributed by atoms with Crippen LogP contribution in [0.25, 0.3) is 0 Å². The average Bonchev–Trinajstić information content (AvgIpc) is 2.37. The molecule has 0 aliphatic heterocycles. The fourth-order valence-electron chi connectivity index (χ4n) is 1.62. The van der Waals surface area contributed by atoms with Crippen LogP contribution in [0.1, 0.15) is 5.56 Å². The van der Waals surface area contributed by atoms with E-state index in [-0.39, 0.29) is 22.9 Å². The minimum Gasteiger partial charge on any atom is -0.457 e. The van der Waals surface area contributed by atoms with Gasteiger partial charge in [-0.15, -0.1) is 0 Å². The van der Waals surface area contributed by atoms with E-state index in [9.17, 15) is 23.3 Å². The lowest BCUT2D eigenvalue weighted by molar-refractivity contribution is -0.384. The Morgan fingerprint density at radius 3 is 2.19 bits per heavy atom. The maximum Gasteiger partial charge on any atom is 0.416 e. The van der Waals surface area contributed by atoms with Crippen LogP contribution in [0.15, 0.2) is 42.5 Å². The second-order valence-electron chi connectivity index (χ2n) is 4.14. The Bertz CT molecular complexity index is 669. The van der Waals surface area contributed by atoms with Gasteiger partial charge in [-0.25, -0.2) is 0 Å². The van der Waals surface area contributed by atoms with Gasteiger partial charge in [0.2, 0.25) is 0 Å². The Kier molecular flexibility index (Phi) is 3.70.